The Labute approximate surface area is 124 Å². The molecule has 1 aromatic rings. The lowest BCUT2D eigenvalue weighted by Gasteiger charge is -2.15. The lowest BCUT2D eigenvalue weighted by atomic mass is 10.1. The molecule has 1 aromatic carbocycles. The summed E-state index contributed by atoms with van der Waals surface area (Å²) in [6, 6.07) is 1.08. The van der Waals surface area contributed by atoms with Gasteiger partial charge in [0.2, 0.25) is 0 Å². The lowest BCUT2D eigenvalue weighted by Crippen LogP contribution is -2.43. The number of hydrogen-bond donors (Lipinski definition) is 3. The molecule has 0 aliphatic heterocycles. The van der Waals surface area contributed by atoms with Gasteiger partial charge in [0.05, 0.1) is 4.47 Å². The summed E-state index contributed by atoms with van der Waals surface area (Å²) in [6.07, 6.45) is 0.958. The van der Waals surface area contributed by atoms with Crippen LogP contribution in [0.4, 0.5) is 14.9 Å². The van der Waals surface area contributed by atoms with E-state index in [4.69, 9.17) is 5.11 Å². The largest absolute Gasteiger partial charge is 0.480 e. The van der Waals surface area contributed by atoms with Gasteiger partial charge in [-0.2, -0.15) is 0 Å². The molecular weight excluding hydrogens is 331 g/mol. The summed E-state index contributed by atoms with van der Waals surface area (Å²) in [5, 5.41) is 13.7. The van der Waals surface area contributed by atoms with Crippen molar-refractivity contribution in [3.05, 3.63) is 28.0 Å². The molecule has 3 N–H and O–H groups in total. The molecule has 0 fully saturated rings. The second-order valence-corrected chi connectivity index (χ2v) is 5.21. The molecule has 2 amide bonds. The standard InChI is InChI=1S/C13H16BrFN2O3/c1-3-4-10(12(18)19)16-13(20)17-11-6-9(15)8(14)5-7(11)2/h5-6,10H,3-4H2,1-2H3,(H,18,19)(H2,16,17,20)/t10-/m0/s1. The first-order valence-electron chi connectivity index (χ1n) is 6.11. The van der Waals surface area contributed by atoms with Crippen LogP contribution in [0.15, 0.2) is 16.6 Å². The van der Waals surface area contributed by atoms with Gasteiger partial charge < -0.3 is 15.7 Å². The van der Waals surface area contributed by atoms with E-state index < -0.39 is 23.9 Å². The van der Waals surface area contributed by atoms with Crippen LogP contribution >= 0.6 is 15.9 Å². The molecule has 0 spiro atoms. The Morgan fingerprint density at radius 3 is 2.65 bits per heavy atom. The number of rotatable bonds is 5. The Morgan fingerprint density at radius 1 is 1.45 bits per heavy atom. The van der Waals surface area contributed by atoms with E-state index in [0.29, 0.717) is 28.6 Å². The van der Waals surface area contributed by atoms with E-state index in [1.807, 2.05) is 6.92 Å². The van der Waals surface area contributed by atoms with Gasteiger partial charge in [0.25, 0.3) is 0 Å². The zero-order chi connectivity index (χ0) is 15.3. The van der Waals surface area contributed by atoms with Gasteiger partial charge in [-0.05, 0) is 47.0 Å². The number of carbonyl (C=O) groups is 2. The van der Waals surface area contributed by atoms with Gasteiger partial charge in [-0.1, -0.05) is 13.3 Å². The highest BCUT2D eigenvalue weighted by Crippen LogP contribution is 2.23. The quantitative estimate of drug-likeness (QED) is 0.765. The predicted molar refractivity (Wildman–Crippen MR) is 77.3 cm³/mol. The van der Waals surface area contributed by atoms with Crippen molar-refractivity contribution < 1.29 is 19.1 Å². The van der Waals surface area contributed by atoms with Crippen molar-refractivity contribution in [2.24, 2.45) is 0 Å². The smallest absolute Gasteiger partial charge is 0.326 e. The predicted octanol–water partition coefficient (Wildman–Crippen LogP) is 3.27. The van der Waals surface area contributed by atoms with E-state index in [0.717, 1.165) is 0 Å². The van der Waals surface area contributed by atoms with Gasteiger partial charge >= 0.3 is 12.0 Å². The van der Waals surface area contributed by atoms with Crippen LogP contribution in [0.5, 0.6) is 0 Å². The minimum Gasteiger partial charge on any atom is -0.480 e. The molecule has 7 heteroatoms. The molecule has 0 heterocycles. The van der Waals surface area contributed by atoms with Crippen LogP contribution in [0.25, 0.3) is 0 Å². The average Bonchev–Trinajstić information content (AvgIpc) is 2.35. The summed E-state index contributed by atoms with van der Waals surface area (Å²) < 4.78 is 13.7. The molecule has 1 atom stereocenters. The van der Waals surface area contributed by atoms with Crippen molar-refractivity contribution in [3.8, 4) is 0 Å². The molecule has 0 radical (unpaired) electrons. The van der Waals surface area contributed by atoms with Gasteiger partial charge in [-0.3, -0.25) is 0 Å². The van der Waals surface area contributed by atoms with Crippen LogP contribution in [-0.4, -0.2) is 23.1 Å². The highest BCUT2D eigenvalue weighted by atomic mass is 79.9. The third kappa shape index (κ3) is 4.48. The fourth-order valence-electron chi connectivity index (χ4n) is 1.64. The van der Waals surface area contributed by atoms with E-state index >= 15 is 0 Å². The molecule has 0 aliphatic carbocycles. The highest BCUT2D eigenvalue weighted by molar-refractivity contribution is 9.10. The van der Waals surface area contributed by atoms with Gasteiger partial charge in [-0.25, -0.2) is 14.0 Å². The second kappa shape index (κ2) is 7.23. The fourth-order valence-corrected chi connectivity index (χ4v) is 2.10. The van der Waals surface area contributed by atoms with E-state index in [1.165, 1.54) is 12.1 Å². The second-order valence-electron chi connectivity index (χ2n) is 4.36. The van der Waals surface area contributed by atoms with Crippen molar-refractivity contribution in [1.82, 2.24) is 5.32 Å². The summed E-state index contributed by atoms with van der Waals surface area (Å²) in [6.45, 7) is 3.53. The molecule has 0 saturated carbocycles. The maximum atomic E-state index is 13.4. The number of carboxylic acids is 1. The van der Waals surface area contributed by atoms with Crippen LogP contribution in [0.3, 0.4) is 0 Å². The summed E-state index contributed by atoms with van der Waals surface area (Å²) in [7, 11) is 0. The Hall–Kier alpha value is -1.63. The monoisotopic (exact) mass is 346 g/mol. The zero-order valence-electron chi connectivity index (χ0n) is 11.2. The molecule has 0 unspecified atom stereocenters. The van der Waals surface area contributed by atoms with Crippen molar-refractivity contribution in [2.45, 2.75) is 32.7 Å². The maximum absolute atomic E-state index is 13.4. The minimum absolute atomic E-state index is 0.295. The molecule has 110 valence electrons. The normalized spacial score (nSPS) is 11.8. The Morgan fingerprint density at radius 2 is 2.10 bits per heavy atom. The number of hydrogen-bond acceptors (Lipinski definition) is 2. The zero-order valence-corrected chi connectivity index (χ0v) is 12.8. The number of aryl methyl sites for hydroxylation is 1. The third-order valence-corrected chi connectivity index (χ3v) is 3.30. The van der Waals surface area contributed by atoms with E-state index in [-0.39, 0.29) is 0 Å². The van der Waals surface area contributed by atoms with Crippen LogP contribution in [0, 0.1) is 12.7 Å². The van der Waals surface area contributed by atoms with Crippen LogP contribution in [0.2, 0.25) is 0 Å². The van der Waals surface area contributed by atoms with Gasteiger partial charge in [-0.15, -0.1) is 0 Å². The van der Waals surface area contributed by atoms with Gasteiger partial charge in [0.15, 0.2) is 0 Å². The summed E-state index contributed by atoms with van der Waals surface area (Å²) in [5.74, 6) is -1.60. The van der Waals surface area contributed by atoms with Crippen molar-refractivity contribution in [1.29, 1.82) is 0 Å². The van der Waals surface area contributed by atoms with Gasteiger partial charge in [0, 0.05) is 5.69 Å². The molecule has 5 nitrogen and oxygen atoms in total. The van der Waals surface area contributed by atoms with Crippen LogP contribution in [0.1, 0.15) is 25.3 Å². The molecular formula is C13H16BrFN2O3. The summed E-state index contributed by atoms with van der Waals surface area (Å²) in [4.78, 5) is 22.7. The molecule has 0 aromatic heterocycles. The SMILES string of the molecule is CCC[C@H](NC(=O)Nc1cc(F)c(Br)cc1C)C(=O)O. The first-order chi connectivity index (χ1) is 9.35. The molecule has 0 bridgehead atoms. The first-order valence-corrected chi connectivity index (χ1v) is 6.90. The van der Waals surface area contributed by atoms with E-state index in [1.54, 1.807) is 6.92 Å². The number of carbonyl (C=O) groups excluding carboxylic acids is 1. The number of anilines is 1. The number of carboxylic acid groups (broad SMARTS) is 1. The van der Waals surface area contributed by atoms with Gasteiger partial charge in [0.1, 0.15) is 11.9 Å². The Bertz CT molecular complexity index is 523. The lowest BCUT2D eigenvalue weighted by molar-refractivity contribution is -0.139. The Kier molecular flexibility index (Phi) is 5.94. The number of nitrogens with one attached hydrogen (secondary N) is 2. The van der Waals surface area contributed by atoms with Crippen molar-refractivity contribution in [2.75, 3.05) is 5.32 Å². The molecule has 1 rings (SSSR count). The minimum atomic E-state index is -1.10. The molecule has 0 saturated heterocycles. The number of aliphatic carboxylic acids is 1. The summed E-state index contributed by atoms with van der Waals surface area (Å²) >= 11 is 3.05. The molecule has 0 aliphatic rings. The number of halogens is 2. The first kappa shape index (κ1) is 16.4. The number of benzene rings is 1. The third-order valence-electron chi connectivity index (χ3n) is 2.70. The van der Waals surface area contributed by atoms with E-state index in [9.17, 15) is 14.0 Å². The highest BCUT2D eigenvalue weighted by Gasteiger charge is 2.19. The maximum Gasteiger partial charge on any atom is 0.326 e. The Balaban J connectivity index is 2.75. The fraction of sp³-hybridized carbons (Fsp3) is 0.385. The number of amides is 2. The van der Waals surface area contributed by atoms with Crippen molar-refractivity contribution >= 4 is 33.6 Å². The summed E-state index contributed by atoms with van der Waals surface area (Å²) in [5.41, 5.74) is 0.958. The van der Waals surface area contributed by atoms with Crippen LogP contribution in [-0.2, 0) is 4.79 Å². The molecule has 20 heavy (non-hydrogen) atoms. The number of urea groups is 1. The van der Waals surface area contributed by atoms with E-state index in [2.05, 4.69) is 26.6 Å². The topological polar surface area (TPSA) is 78.4 Å². The average molecular weight is 347 g/mol. The van der Waals surface area contributed by atoms with Crippen molar-refractivity contribution in [3.63, 3.8) is 0 Å². The van der Waals surface area contributed by atoms with Crippen LogP contribution < -0.4 is 10.6 Å².